The quantitative estimate of drug-likeness (QED) is 0.362. The van der Waals surface area contributed by atoms with Crippen LogP contribution in [0.4, 0.5) is 4.39 Å². The van der Waals surface area contributed by atoms with E-state index in [1.807, 2.05) is 0 Å². The van der Waals surface area contributed by atoms with Gasteiger partial charge in [0.1, 0.15) is 23.8 Å². The molecule has 2 heterocycles. The van der Waals surface area contributed by atoms with Crippen LogP contribution >= 0.6 is 11.8 Å². The van der Waals surface area contributed by atoms with Gasteiger partial charge in [-0.2, -0.15) is 0 Å². The molecule has 0 amide bonds. The van der Waals surface area contributed by atoms with E-state index in [1.165, 1.54) is 18.2 Å². The lowest BCUT2D eigenvalue weighted by atomic mass is 10.2. The highest BCUT2D eigenvalue weighted by atomic mass is 32.2. The molecule has 0 bridgehead atoms. The highest BCUT2D eigenvalue weighted by molar-refractivity contribution is 7.99. The van der Waals surface area contributed by atoms with Crippen LogP contribution in [-0.4, -0.2) is 33.8 Å². The molecule has 1 atom stereocenters. The number of fused-ring (bicyclic) bond motifs is 1. The number of hydrogen-bond donors (Lipinski definition) is 1. The van der Waals surface area contributed by atoms with Gasteiger partial charge in [-0.3, -0.25) is 0 Å². The molecule has 29 heavy (non-hydrogen) atoms. The molecular formula is C20H15FN2O5S. The van der Waals surface area contributed by atoms with Gasteiger partial charge < -0.3 is 18.7 Å². The highest BCUT2D eigenvalue weighted by Crippen LogP contribution is 2.25. The molecule has 2 aromatic heterocycles. The Morgan fingerprint density at radius 1 is 1.10 bits per heavy atom. The number of nitrogens with zero attached hydrogens (tertiary/aromatic N) is 2. The van der Waals surface area contributed by atoms with Gasteiger partial charge in [-0.1, -0.05) is 23.9 Å². The fraction of sp³-hybridized carbons (Fsp3) is 0.150. The second kappa shape index (κ2) is 8.46. The first kappa shape index (κ1) is 19.2. The van der Waals surface area contributed by atoms with Gasteiger partial charge in [-0.25, -0.2) is 9.18 Å². The van der Waals surface area contributed by atoms with Crippen LogP contribution in [0.5, 0.6) is 5.75 Å². The van der Waals surface area contributed by atoms with Crippen molar-refractivity contribution >= 4 is 22.7 Å². The number of ether oxygens (including phenoxy) is 1. The number of benzene rings is 2. The van der Waals surface area contributed by atoms with Crippen molar-refractivity contribution in [3.8, 4) is 17.2 Å². The molecule has 0 fully saturated rings. The van der Waals surface area contributed by atoms with Crippen molar-refractivity contribution in [1.29, 1.82) is 0 Å². The smallest absolute Gasteiger partial charge is 0.339 e. The van der Waals surface area contributed by atoms with E-state index in [2.05, 4.69) is 10.2 Å². The van der Waals surface area contributed by atoms with Crippen molar-refractivity contribution in [2.75, 3.05) is 12.4 Å². The molecule has 2 aromatic carbocycles. The maximum atomic E-state index is 13.0. The van der Waals surface area contributed by atoms with E-state index >= 15 is 0 Å². The van der Waals surface area contributed by atoms with Crippen molar-refractivity contribution in [1.82, 2.24) is 10.2 Å². The van der Waals surface area contributed by atoms with Gasteiger partial charge in [0.2, 0.25) is 5.89 Å². The van der Waals surface area contributed by atoms with E-state index in [4.69, 9.17) is 13.6 Å². The molecule has 9 heteroatoms. The lowest BCUT2D eigenvalue weighted by Gasteiger charge is -2.12. The first-order valence-electron chi connectivity index (χ1n) is 8.64. The monoisotopic (exact) mass is 414 g/mol. The van der Waals surface area contributed by atoms with Crippen LogP contribution in [0.2, 0.25) is 0 Å². The predicted molar refractivity (Wildman–Crippen MR) is 104 cm³/mol. The van der Waals surface area contributed by atoms with Crippen molar-refractivity contribution in [2.45, 2.75) is 11.3 Å². The SMILES string of the molecule is O=c1cc(OCC(O)CSc2nnc(-c3ccc(F)cc3)o2)c2ccccc2o1. The maximum Gasteiger partial charge on any atom is 0.339 e. The number of rotatable bonds is 7. The minimum atomic E-state index is -0.841. The Morgan fingerprint density at radius 3 is 2.72 bits per heavy atom. The summed E-state index contributed by atoms with van der Waals surface area (Å²) in [5.41, 5.74) is 0.490. The van der Waals surface area contributed by atoms with E-state index < -0.39 is 11.7 Å². The summed E-state index contributed by atoms with van der Waals surface area (Å²) >= 11 is 1.16. The second-order valence-corrected chi connectivity index (χ2v) is 7.05. The van der Waals surface area contributed by atoms with Gasteiger partial charge in [0, 0.05) is 11.3 Å². The van der Waals surface area contributed by atoms with Crippen LogP contribution in [0, 0.1) is 5.82 Å². The van der Waals surface area contributed by atoms with Gasteiger partial charge in [0.05, 0.1) is 17.6 Å². The zero-order valence-electron chi connectivity index (χ0n) is 14.9. The van der Waals surface area contributed by atoms with Crippen LogP contribution in [0.3, 0.4) is 0 Å². The lowest BCUT2D eigenvalue weighted by molar-refractivity contribution is 0.127. The van der Waals surface area contributed by atoms with Crippen molar-refractivity contribution in [3.05, 3.63) is 70.8 Å². The van der Waals surface area contributed by atoms with E-state index in [0.29, 0.717) is 22.3 Å². The van der Waals surface area contributed by atoms with E-state index in [9.17, 15) is 14.3 Å². The maximum absolute atomic E-state index is 13.0. The van der Waals surface area contributed by atoms with Crippen LogP contribution in [0.25, 0.3) is 22.4 Å². The highest BCUT2D eigenvalue weighted by Gasteiger charge is 2.14. The van der Waals surface area contributed by atoms with Gasteiger partial charge in [0.25, 0.3) is 5.22 Å². The van der Waals surface area contributed by atoms with E-state index in [0.717, 1.165) is 11.8 Å². The first-order chi connectivity index (χ1) is 14.1. The summed E-state index contributed by atoms with van der Waals surface area (Å²) in [5.74, 6) is 0.498. The summed E-state index contributed by atoms with van der Waals surface area (Å²) < 4.78 is 29.2. The Hall–Kier alpha value is -3.17. The van der Waals surface area contributed by atoms with E-state index in [1.54, 1.807) is 36.4 Å². The molecule has 148 valence electrons. The third kappa shape index (κ3) is 4.64. The number of hydrogen-bond acceptors (Lipinski definition) is 8. The van der Waals surface area contributed by atoms with Crippen molar-refractivity contribution < 1.29 is 23.1 Å². The molecule has 0 radical (unpaired) electrons. The number of thioether (sulfide) groups is 1. The minimum absolute atomic E-state index is 0.0284. The number of aliphatic hydroxyl groups excluding tert-OH is 1. The number of aliphatic hydroxyl groups is 1. The summed E-state index contributed by atoms with van der Waals surface area (Å²) in [4.78, 5) is 11.6. The Labute approximate surface area is 168 Å². The molecule has 7 nitrogen and oxygen atoms in total. The zero-order valence-corrected chi connectivity index (χ0v) is 15.8. The van der Waals surface area contributed by atoms with Crippen LogP contribution < -0.4 is 10.4 Å². The Morgan fingerprint density at radius 2 is 1.90 bits per heavy atom. The van der Waals surface area contributed by atoms with Crippen molar-refractivity contribution in [3.63, 3.8) is 0 Å². The van der Waals surface area contributed by atoms with Gasteiger partial charge >= 0.3 is 5.63 Å². The van der Waals surface area contributed by atoms with Gasteiger partial charge in [0.15, 0.2) is 0 Å². The number of aromatic nitrogens is 2. The first-order valence-corrected chi connectivity index (χ1v) is 9.63. The molecule has 0 spiro atoms. The third-order valence-corrected chi connectivity index (χ3v) is 4.90. The van der Waals surface area contributed by atoms with E-state index in [-0.39, 0.29) is 29.3 Å². The fourth-order valence-electron chi connectivity index (χ4n) is 2.58. The average Bonchev–Trinajstić information content (AvgIpc) is 3.20. The Kier molecular flexibility index (Phi) is 5.59. The predicted octanol–water partition coefficient (Wildman–Crippen LogP) is 3.51. The Balaban J connectivity index is 1.35. The lowest BCUT2D eigenvalue weighted by Crippen LogP contribution is -2.20. The molecule has 0 aliphatic rings. The number of halogens is 1. The topological polar surface area (TPSA) is 98.6 Å². The largest absolute Gasteiger partial charge is 0.490 e. The third-order valence-electron chi connectivity index (χ3n) is 3.94. The molecule has 0 aliphatic heterocycles. The van der Waals surface area contributed by atoms with Crippen LogP contribution in [0.15, 0.2) is 73.4 Å². The molecule has 4 aromatic rings. The van der Waals surface area contributed by atoms with Gasteiger partial charge in [-0.15, -0.1) is 10.2 Å². The van der Waals surface area contributed by atoms with Crippen molar-refractivity contribution in [2.24, 2.45) is 0 Å². The molecule has 0 saturated carbocycles. The molecule has 0 aliphatic carbocycles. The second-order valence-electron chi connectivity index (χ2n) is 6.08. The molecule has 0 saturated heterocycles. The Bertz CT molecular complexity index is 1180. The standard InChI is InChI=1S/C20H15FN2O5S/c21-13-7-5-12(6-8-13)19-22-23-20(28-19)29-11-14(24)10-26-17-9-18(25)27-16-4-2-1-3-15(16)17/h1-9,14,24H,10-11H2. The van der Waals surface area contributed by atoms with Crippen LogP contribution in [0.1, 0.15) is 0 Å². The number of para-hydroxylation sites is 1. The van der Waals surface area contributed by atoms with Gasteiger partial charge in [-0.05, 0) is 36.4 Å². The molecule has 4 rings (SSSR count). The average molecular weight is 414 g/mol. The summed E-state index contributed by atoms with van der Waals surface area (Å²) in [7, 11) is 0. The minimum Gasteiger partial charge on any atom is -0.490 e. The van der Waals surface area contributed by atoms with Crippen LogP contribution in [-0.2, 0) is 0 Å². The zero-order chi connectivity index (χ0) is 20.2. The molecule has 1 unspecified atom stereocenters. The summed E-state index contributed by atoms with van der Waals surface area (Å²) in [6, 6.07) is 13.9. The molecular weight excluding hydrogens is 399 g/mol. The summed E-state index contributed by atoms with van der Waals surface area (Å²) in [6.45, 7) is -0.0284. The molecule has 1 N–H and O–H groups in total. The normalized spacial score (nSPS) is 12.2. The summed E-state index contributed by atoms with van der Waals surface area (Å²) in [5, 5.41) is 18.9. The fourth-order valence-corrected chi connectivity index (χ4v) is 3.25. The summed E-state index contributed by atoms with van der Waals surface area (Å²) in [6.07, 6.45) is -0.841.